The van der Waals surface area contributed by atoms with Crippen molar-refractivity contribution < 1.29 is 19.2 Å². The number of aromatic nitrogens is 5. The number of amides is 4. The number of carbonyl (C=O) groups is 4. The van der Waals surface area contributed by atoms with E-state index in [2.05, 4.69) is 59.7 Å². The second-order valence-electron chi connectivity index (χ2n) is 16.9. The first-order valence-corrected chi connectivity index (χ1v) is 21.2. The van der Waals surface area contributed by atoms with Crippen molar-refractivity contribution >= 4 is 46.6 Å². The summed E-state index contributed by atoms with van der Waals surface area (Å²) in [5, 5.41) is 10.1. The molecule has 4 aromatic rings. The van der Waals surface area contributed by atoms with Crippen LogP contribution in [0.3, 0.4) is 0 Å². The summed E-state index contributed by atoms with van der Waals surface area (Å²) >= 11 is 0. The van der Waals surface area contributed by atoms with Gasteiger partial charge in [-0.2, -0.15) is 0 Å². The highest BCUT2D eigenvalue weighted by molar-refractivity contribution is 5.99. The Hall–Kier alpha value is -6.10. The minimum absolute atomic E-state index is 0.0918. The molecule has 17 heteroatoms. The lowest BCUT2D eigenvalue weighted by Gasteiger charge is -2.44. The molecule has 5 saturated heterocycles. The summed E-state index contributed by atoms with van der Waals surface area (Å²) in [5.41, 5.74) is 9.42. The van der Waals surface area contributed by atoms with Gasteiger partial charge in [-0.15, -0.1) is 5.10 Å². The van der Waals surface area contributed by atoms with Crippen LogP contribution in [0.15, 0.2) is 59.5 Å². The smallest absolute Gasteiger partial charge is 0.346 e. The molecule has 4 amide bonds. The molecule has 0 aliphatic carbocycles. The second-order valence-corrected chi connectivity index (χ2v) is 16.9. The molecule has 5 fully saturated rings. The normalized spacial score (nSPS) is 21.9. The van der Waals surface area contributed by atoms with Gasteiger partial charge < -0.3 is 30.7 Å². The van der Waals surface area contributed by atoms with E-state index in [1.165, 1.54) is 14.8 Å². The third kappa shape index (κ3) is 7.97. The molecule has 1 unspecified atom stereocenters. The number of piperidine rings is 3. The Morgan fingerprint density at radius 1 is 0.867 bits per heavy atom. The molecule has 9 rings (SSSR count). The molecule has 17 nitrogen and oxygen atoms in total. The molecule has 2 aromatic carbocycles. The molecule has 0 spiro atoms. The minimum Gasteiger partial charge on any atom is -0.371 e. The lowest BCUT2D eigenvalue weighted by Crippen LogP contribution is -2.52. The maximum Gasteiger partial charge on any atom is 0.346 e. The van der Waals surface area contributed by atoms with Gasteiger partial charge in [0.05, 0.1) is 6.20 Å². The van der Waals surface area contributed by atoms with Crippen LogP contribution in [0, 0.1) is 5.92 Å². The van der Waals surface area contributed by atoms with Crippen LogP contribution in [0.1, 0.15) is 79.4 Å². The van der Waals surface area contributed by atoms with Crippen LogP contribution >= 0.6 is 0 Å². The van der Waals surface area contributed by atoms with Crippen molar-refractivity contribution in [3.05, 3.63) is 76.5 Å². The maximum absolute atomic E-state index is 13.0. The number of carbonyl (C=O) groups excluding carboxylic acids is 4. The fourth-order valence-electron chi connectivity index (χ4n) is 9.60. The van der Waals surface area contributed by atoms with Crippen LogP contribution in [-0.4, -0.2) is 116 Å². The van der Waals surface area contributed by atoms with Gasteiger partial charge in [-0.25, -0.2) is 19.4 Å². The molecule has 0 bridgehead atoms. The number of anilines is 4. The molecule has 0 radical (unpaired) electrons. The van der Waals surface area contributed by atoms with E-state index < -0.39 is 17.9 Å². The van der Waals surface area contributed by atoms with E-state index >= 15 is 0 Å². The predicted molar refractivity (Wildman–Crippen MR) is 225 cm³/mol. The molecule has 7 heterocycles. The SMILES string of the molecule is Cn1c(-c2ccc(N3CC(CN4CCC(c5ccc(Nc6nc(N7CCC[C@@H](N8CCCC8=O)C7)cnc6C(N)=O)cc5)CC4)C3)cc2)nn(C2CCC(=O)NC2=O)c1=O. The zero-order valence-corrected chi connectivity index (χ0v) is 34.0. The topological polar surface area (TPSA) is 197 Å². The number of rotatable bonds is 11. The van der Waals surface area contributed by atoms with Crippen molar-refractivity contribution in [1.29, 1.82) is 0 Å². The molecule has 4 N–H and O–H groups in total. The molecular formula is C43H52N12O5. The summed E-state index contributed by atoms with van der Waals surface area (Å²) in [6.07, 6.45) is 7.67. The summed E-state index contributed by atoms with van der Waals surface area (Å²) in [5.74, 6) is 1.29. The van der Waals surface area contributed by atoms with E-state index in [1.807, 2.05) is 29.2 Å². The van der Waals surface area contributed by atoms with Gasteiger partial charge in [-0.1, -0.05) is 12.1 Å². The molecule has 5 aliphatic rings. The number of hydrogen-bond donors (Lipinski definition) is 3. The van der Waals surface area contributed by atoms with Gasteiger partial charge in [-0.05, 0) is 99.5 Å². The van der Waals surface area contributed by atoms with Crippen molar-refractivity contribution in [3.8, 4) is 11.4 Å². The summed E-state index contributed by atoms with van der Waals surface area (Å²) in [7, 11) is 1.64. The van der Waals surface area contributed by atoms with Crippen LogP contribution < -0.4 is 31.9 Å². The van der Waals surface area contributed by atoms with Crippen molar-refractivity contribution in [1.82, 2.24) is 39.4 Å². The average molecular weight is 817 g/mol. The van der Waals surface area contributed by atoms with E-state index in [0.717, 1.165) is 94.9 Å². The molecule has 5 aliphatic heterocycles. The zero-order valence-electron chi connectivity index (χ0n) is 34.0. The van der Waals surface area contributed by atoms with Gasteiger partial charge in [-0.3, -0.25) is 29.1 Å². The summed E-state index contributed by atoms with van der Waals surface area (Å²) < 4.78 is 2.63. The average Bonchev–Trinajstić information content (AvgIpc) is 3.81. The van der Waals surface area contributed by atoms with Gasteiger partial charge in [0, 0.05) is 88.1 Å². The zero-order chi connectivity index (χ0) is 41.5. The van der Waals surface area contributed by atoms with Gasteiger partial charge in [0.2, 0.25) is 11.8 Å². The summed E-state index contributed by atoms with van der Waals surface area (Å²) in [6, 6.07) is 15.8. The Morgan fingerprint density at radius 2 is 1.63 bits per heavy atom. The minimum atomic E-state index is -0.797. The van der Waals surface area contributed by atoms with Crippen molar-refractivity contribution in [2.24, 2.45) is 18.7 Å². The maximum atomic E-state index is 13.0. The third-order valence-electron chi connectivity index (χ3n) is 13.0. The fourth-order valence-corrected chi connectivity index (χ4v) is 9.60. The molecule has 0 saturated carbocycles. The lowest BCUT2D eigenvalue weighted by atomic mass is 9.88. The summed E-state index contributed by atoms with van der Waals surface area (Å²) in [4.78, 5) is 80.0. The second kappa shape index (κ2) is 16.5. The molecule has 2 atom stereocenters. The summed E-state index contributed by atoms with van der Waals surface area (Å²) in [6.45, 7) is 7.45. The first-order valence-electron chi connectivity index (χ1n) is 21.2. The molecular weight excluding hydrogens is 765 g/mol. The van der Waals surface area contributed by atoms with E-state index in [4.69, 9.17) is 10.7 Å². The number of likely N-dealkylation sites (tertiary alicyclic amines) is 2. The molecule has 2 aromatic heterocycles. The van der Waals surface area contributed by atoms with E-state index in [9.17, 15) is 24.0 Å². The number of primary amides is 1. The number of nitrogens with zero attached hydrogens (tertiary/aromatic N) is 9. The molecule has 60 heavy (non-hydrogen) atoms. The van der Waals surface area contributed by atoms with Crippen molar-refractivity contribution in [3.63, 3.8) is 0 Å². The third-order valence-corrected chi connectivity index (χ3v) is 13.0. The first kappa shape index (κ1) is 39.4. The number of benzene rings is 2. The van der Waals surface area contributed by atoms with Crippen LogP contribution in [0.5, 0.6) is 0 Å². The fraction of sp³-hybridized carbons (Fsp3) is 0.488. The first-order chi connectivity index (χ1) is 29.1. The quantitative estimate of drug-likeness (QED) is 0.188. The van der Waals surface area contributed by atoms with Crippen LogP contribution in [0.2, 0.25) is 0 Å². The van der Waals surface area contributed by atoms with E-state index in [-0.39, 0.29) is 42.1 Å². The predicted octanol–water partition coefficient (Wildman–Crippen LogP) is 2.77. The molecule has 314 valence electrons. The van der Waals surface area contributed by atoms with E-state index in [0.29, 0.717) is 42.3 Å². The Labute approximate surface area is 347 Å². The highest BCUT2D eigenvalue weighted by Gasteiger charge is 2.34. The van der Waals surface area contributed by atoms with Crippen LogP contribution in [0.25, 0.3) is 11.4 Å². The number of imide groups is 1. The standard InChI is InChI=1S/C43H52N12O5/c1-50-41(49-55(43(50)60)34-14-15-36(56)48-42(34)59)30-8-12-32(13-9-30)53-24-27(25-53)23-51-20-16-29(17-21-51)28-6-10-31(11-7-28)46-40-38(39(44)58)45-22-35(47-40)52-18-2-4-33(26-52)54-19-3-5-37(54)57/h6-13,22,27,29,33-34H,2-5,14-21,23-26H2,1H3,(H2,44,58)(H,46,47)(H,48,56,59)/t33-,34?/m1/s1. The monoisotopic (exact) mass is 816 g/mol. The number of nitrogens with one attached hydrogen (secondary N) is 2. The van der Waals surface area contributed by atoms with E-state index in [1.54, 1.807) is 13.2 Å². The largest absolute Gasteiger partial charge is 0.371 e. The van der Waals surface area contributed by atoms with Crippen molar-refractivity contribution in [2.75, 3.05) is 67.5 Å². The Bertz CT molecular complexity index is 2330. The Morgan fingerprint density at radius 3 is 2.33 bits per heavy atom. The Kier molecular flexibility index (Phi) is 10.8. The van der Waals surface area contributed by atoms with Gasteiger partial charge in [0.1, 0.15) is 11.9 Å². The van der Waals surface area contributed by atoms with Gasteiger partial charge >= 0.3 is 5.69 Å². The van der Waals surface area contributed by atoms with Gasteiger partial charge in [0.25, 0.3) is 11.8 Å². The van der Waals surface area contributed by atoms with Crippen molar-refractivity contribution in [2.45, 2.75) is 69.4 Å². The Balaban J connectivity index is 0.750. The lowest BCUT2D eigenvalue weighted by molar-refractivity contribution is -0.136. The van der Waals surface area contributed by atoms with Gasteiger partial charge in [0.15, 0.2) is 17.3 Å². The highest BCUT2D eigenvalue weighted by atomic mass is 16.2. The number of nitrogens with two attached hydrogens (primary N) is 1. The number of hydrogen-bond acceptors (Lipinski definition) is 12. The van der Waals surface area contributed by atoms with Crippen LogP contribution in [0.4, 0.5) is 23.0 Å². The van der Waals surface area contributed by atoms with Crippen LogP contribution in [-0.2, 0) is 21.4 Å². The highest BCUT2D eigenvalue weighted by Crippen LogP contribution is 2.33.